The zero-order valence-electron chi connectivity index (χ0n) is 18.4. The lowest BCUT2D eigenvalue weighted by molar-refractivity contribution is 0.0944. The Morgan fingerprint density at radius 2 is 1.48 bits per heavy atom. The van der Waals surface area contributed by atoms with Crippen LogP contribution >= 0.6 is 11.6 Å². The molecule has 0 aliphatic rings. The number of hydrogen-bond acceptors (Lipinski definition) is 4. The van der Waals surface area contributed by atoms with Gasteiger partial charge in [-0.3, -0.25) is 13.9 Å². The molecule has 7 nitrogen and oxygen atoms in total. The van der Waals surface area contributed by atoms with Crippen molar-refractivity contribution in [1.82, 2.24) is 5.32 Å². The second-order valence-corrected chi connectivity index (χ2v) is 10.0. The number of amides is 2. The number of anilines is 2. The van der Waals surface area contributed by atoms with Gasteiger partial charge < -0.3 is 10.6 Å². The van der Waals surface area contributed by atoms with Gasteiger partial charge >= 0.3 is 0 Å². The smallest absolute Gasteiger partial charge is 0.264 e. The van der Waals surface area contributed by atoms with Crippen LogP contribution < -0.4 is 14.9 Å². The fourth-order valence-electron chi connectivity index (χ4n) is 3.05. The van der Waals surface area contributed by atoms with Crippen molar-refractivity contribution in [2.24, 2.45) is 0 Å². The van der Waals surface area contributed by atoms with Gasteiger partial charge in [0, 0.05) is 23.7 Å². The molecule has 0 atom stereocenters. The molecule has 0 saturated carbocycles. The normalized spacial score (nSPS) is 11.2. The minimum absolute atomic E-state index is 0.0463. The Balaban J connectivity index is 1.77. The van der Waals surface area contributed by atoms with Gasteiger partial charge in [0.2, 0.25) is 0 Å². The third kappa shape index (κ3) is 5.71. The third-order valence-corrected chi connectivity index (χ3v) is 6.86. The molecule has 0 aliphatic heterocycles. The van der Waals surface area contributed by atoms with E-state index in [0.717, 1.165) is 4.31 Å². The van der Waals surface area contributed by atoms with Crippen molar-refractivity contribution in [3.63, 3.8) is 0 Å². The van der Waals surface area contributed by atoms with E-state index in [1.807, 2.05) is 13.8 Å². The van der Waals surface area contributed by atoms with Crippen molar-refractivity contribution in [2.45, 2.75) is 24.8 Å². The number of para-hydroxylation sites is 1. The quantitative estimate of drug-likeness (QED) is 0.513. The van der Waals surface area contributed by atoms with Crippen molar-refractivity contribution >= 4 is 44.8 Å². The fourth-order valence-corrected chi connectivity index (χ4v) is 4.37. The molecule has 33 heavy (non-hydrogen) atoms. The van der Waals surface area contributed by atoms with Gasteiger partial charge in [-0.15, -0.1) is 0 Å². The molecule has 3 aromatic rings. The van der Waals surface area contributed by atoms with E-state index in [1.165, 1.54) is 43.4 Å². The summed E-state index contributed by atoms with van der Waals surface area (Å²) in [7, 11) is -2.35. The first-order valence-electron chi connectivity index (χ1n) is 10.2. The zero-order valence-corrected chi connectivity index (χ0v) is 19.9. The van der Waals surface area contributed by atoms with Gasteiger partial charge in [0.1, 0.15) is 0 Å². The molecule has 0 fully saturated rings. The molecule has 0 aliphatic carbocycles. The molecule has 0 saturated heterocycles. The van der Waals surface area contributed by atoms with Crippen molar-refractivity contribution in [3.05, 3.63) is 88.9 Å². The summed E-state index contributed by atoms with van der Waals surface area (Å²) in [6.07, 6.45) is 0. The average Bonchev–Trinajstić information content (AvgIpc) is 2.78. The Morgan fingerprint density at radius 3 is 2.09 bits per heavy atom. The van der Waals surface area contributed by atoms with E-state index in [2.05, 4.69) is 10.6 Å². The molecular formula is C24H24ClN3O4S. The Kier molecular flexibility index (Phi) is 7.40. The van der Waals surface area contributed by atoms with Crippen LogP contribution in [0.4, 0.5) is 11.4 Å². The van der Waals surface area contributed by atoms with Crippen LogP contribution in [0, 0.1) is 0 Å². The average molecular weight is 486 g/mol. The molecule has 0 radical (unpaired) electrons. The summed E-state index contributed by atoms with van der Waals surface area (Å²) in [5.41, 5.74) is 1.44. The first-order valence-corrected chi connectivity index (χ1v) is 12.0. The lowest BCUT2D eigenvalue weighted by Crippen LogP contribution is -2.31. The lowest BCUT2D eigenvalue weighted by Gasteiger charge is -2.20. The highest BCUT2D eigenvalue weighted by molar-refractivity contribution is 7.92. The van der Waals surface area contributed by atoms with E-state index in [0.29, 0.717) is 27.5 Å². The van der Waals surface area contributed by atoms with Crippen molar-refractivity contribution in [2.75, 3.05) is 16.7 Å². The Morgan fingerprint density at radius 1 is 0.879 bits per heavy atom. The number of sulfonamides is 1. The molecule has 0 spiro atoms. The predicted molar refractivity (Wildman–Crippen MR) is 130 cm³/mol. The van der Waals surface area contributed by atoms with Gasteiger partial charge in [-0.2, -0.15) is 0 Å². The summed E-state index contributed by atoms with van der Waals surface area (Å²) in [5.74, 6) is -0.708. The molecular weight excluding hydrogens is 462 g/mol. The first kappa shape index (κ1) is 24.3. The highest BCUT2D eigenvalue weighted by Gasteiger charge is 2.22. The van der Waals surface area contributed by atoms with Gasteiger partial charge in [0.05, 0.1) is 21.8 Å². The van der Waals surface area contributed by atoms with Crippen LogP contribution in [0.25, 0.3) is 0 Å². The summed E-state index contributed by atoms with van der Waals surface area (Å²) in [4.78, 5) is 25.3. The van der Waals surface area contributed by atoms with E-state index in [4.69, 9.17) is 11.6 Å². The van der Waals surface area contributed by atoms with Crippen molar-refractivity contribution < 1.29 is 18.0 Å². The van der Waals surface area contributed by atoms with E-state index in [1.54, 1.807) is 36.4 Å². The van der Waals surface area contributed by atoms with Crippen LogP contribution in [-0.4, -0.2) is 33.3 Å². The number of carbonyl (C=O) groups excluding carboxylic acids is 2. The molecule has 2 N–H and O–H groups in total. The van der Waals surface area contributed by atoms with Crippen LogP contribution in [0.5, 0.6) is 0 Å². The summed E-state index contributed by atoms with van der Waals surface area (Å²) in [6.45, 7) is 3.70. The summed E-state index contributed by atoms with van der Waals surface area (Å²) in [5, 5.41) is 5.99. The van der Waals surface area contributed by atoms with Crippen molar-refractivity contribution in [3.8, 4) is 0 Å². The monoisotopic (exact) mass is 485 g/mol. The first-order chi connectivity index (χ1) is 15.6. The molecule has 172 valence electrons. The minimum Gasteiger partial charge on any atom is -0.350 e. The minimum atomic E-state index is -3.79. The molecule has 3 rings (SSSR count). The van der Waals surface area contributed by atoms with Crippen molar-refractivity contribution in [1.29, 1.82) is 0 Å². The number of rotatable bonds is 7. The molecule has 0 heterocycles. The topological polar surface area (TPSA) is 95.6 Å². The van der Waals surface area contributed by atoms with E-state index >= 15 is 0 Å². The largest absolute Gasteiger partial charge is 0.350 e. The SMILES string of the molecule is CC(C)NC(=O)c1ccccc1NC(=O)c1ccc(N(C)S(=O)(=O)c2ccc(Cl)cc2)cc1. The zero-order chi connectivity index (χ0) is 24.2. The Labute approximate surface area is 198 Å². The van der Waals surface area contributed by atoms with Gasteiger partial charge in [-0.25, -0.2) is 8.42 Å². The predicted octanol–water partition coefficient (Wildman–Crippen LogP) is 4.56. The Hall–Kier alpha value is -3.36. The van der Waals surface area contributed by atoms with Gasteiger partial charge in [0.25, 0.3) is 21.8 Å². The van der Waals surface area contributed by atoms with Gasteiger partial charge in [-0.05, 0) is 74.5 Å². The van der Waals surface area contributed by atoms with Crippen LogP contribution in [0.1, 0.15) is 34.6 Å². The van der Waals surface area contributed by atoms with E-state index in [-0.39, 0.29) is 16.8 Å². The highest BCUT2D eigenvalue weighted by atomic mass is 35.5. The van der Waals surface area contributed by atoms with Crippen LogP contribution in [0.2, 0.25) is 5.02 Å². The van der Waals surface area contributed by atoms with Gasteiger partial charge in [0.15, 0.2) is 0 Å². The molecule has 0 unspecified atom stereocenters. The number of nitrogens with zero attached hydrogens (tertiary/aromatic N) is 1. The van der Waals surface area contributed by atoms with E-state index in [9.17, 15) is 18.0 Å². The number of hydrogen-bond donors (Lipinski definition) is 2. The summed E-state index contributed by atoms with van der Waals surface area (Å²) >= 11 is 5.84. The second kappa shape index (κ2) is 10.1. The molecule has 0 bridgehead atoms. The third-order valence-electron chi connectivity index (χ3n) is 4.80. The summed E-state index contributed by atoms with van der Waals surface area (Å²) < 4.78 is 26.8. The second-order valence-electron chi connectivity index (χ2n) is 7.60. The Bertz CT molecular complexity index is 1260. The summed E-state index contributed by atoms with van der Waals surface area (Å²) in [6, 6.07) is 18.7. The molecule has 2 amide bonds. The van der Waals surface area contributed by atoms with Crippen LogP contribution in [0.3, 0.4) is 0 Å². The molecule has 3 aromatic carbocycles. The number of benzene rings is 3. The fraction of sp³-hybridized carbons (Fsp3) is 0.167. The number of nitrogens with one attached hydrogen (secondary N) is 2. The van der Waals surface area contributed by atoms with E-state index < -0.39 is 15.9 Å². The van der Waals surface area contributed by atoms with Crippen LogP contribution in [-0.2, 0) is 10.0 Å². The molecule has 0 aromatic heterocycles. The highest BCUT2D eigenvalue weighted by Crippen LogP contribution is 2.24. The number of carbonyl (C=O) groups is 2. The number of halogens is 1. The van der Waals surface area contributed by atoms with Gasteiger partial charge in [-0.1, -0.05) is 23.7 Å². The van der Waals surface area contributed by atoms with Crippen LogP contribution in [0.15, 0.2) is 77.7 Å². The maximum Gasteiger partial charge on any atom is 0.264 e. The lowest BCUT2D eigenvalue weighted by atomic mass is 10.1. The molecule has 9 heteroatoms. The maximum absolute atomic E-state index is 12.8. The maximum atomic E-state index is 12.8. The standard InChI is InChI=1S/C24H24ClN3O4S/c1-16(2)26-24(30)21-6-4-5-7-22(21)27-23(29)17-8-12-19(13-9-17)28(3)33(31,32)20-14-10-18(25)11-15-20/h4-16H,1-3H3,(H,26,30)(H,27,29).